The number of carbonyl (C=O) groups is 2. The van der Waals surface area contributed by atoms with Crippen molar-refractivity contribution in [3.8, 4) is 0 Å². The molecule has 2 amide bonds. The van der Waals surface area contributed by atoms with E-state index in [1.54, 1.807) is 16.7 Å². The van der Waals surface area contributed by atoms with Crippen molar-refractivity contribution >= 4 is 35.2 Å². The predicted octanol–water partition coefficient (Wildman–Crippen LogP) is 6.44. The number of carbonyl (C=O) groups excluding carboxylic acids is 2. The van der Waals surface area contributed by atoms with E-state index in [0.717, 1.165) is 16.9 Å². The normalized spacial score (nSPS) is 12.1. The second-order valence-electron chi connectivity index (χ2n) is 10.1. The molecule has 0 saturated heterocycles. The van der Waals surface area contributed by atoms with Gasteiger partial charge >= 0.3 is 0 Å². The molecule has 0 fully saturated rings. The number of nitrogens with one attached hydrogen (secondary N) is 1. The first-order valence-electron chi connectivity index (χ1n) is 12.1. The summed E-state index contributed by atoms with van der Waals surface area (Å²) in [7, 11) is 0. The van der Waals surface area contributed by atoms with Crippen LogP contribution in [-0.2, 0) is 28.3 Å². The zero-order chi connectivity index (χ0) is 26.1. The molecule has 0 bridgehead atoms. The third kappa shape index (κ3) is 9.03. The fourth-order valence-electron chi connectivity index (χ4n) is 3.98. The minimum Gasteiger partial charge on any atom is -0.350 e. The van der Waals surface area contributed by atoms with Gasteiger partial charge in [-0.15, -0.1) is 11.8 Å². The molecule has 0 aromatic heterocycles. The molecular weight excluding hydrogens is 488 g/mol. The third-order valence-corrected chi connectivity index (χ3v) is 6.81. The summed E-state index contributed by atoms with van der Waals surface area (Å²) >= 11 is 7.81. The van der Waals surface area contributed by atoms with Crippen molar-refractivity contribution in [2.75, 3.05) is 5.75 Å². The number of halogens is 1. The van der Waals surface area contributed by atoms with Gasteiger partial charge in [0.1, 0.15) is 6.04 Å². The Balaban J connectivity index is 1.87. The summed E-state index contributed by atoms with van der Waals surface area (Å²) in [4.78, 5) is 29.0. The van der Waals surface area contributed by atoms with Gasteiger partial charge in [-0.3, -0.25) is 9.59 Å². The molecule has 1 N–H and O–H groups in total. The molecule has 4 nitrogen and oxygen atoms in total. The van der Waals surface area contributed by atoms with Gasteiger partial charge in [0.15, 0.2) is 0 Å². The lowest BCUT2D eigenvalue weighted by Crippen LogP contribution is -2.54. The highest BCUT2D eigenvalue weighted by Crippen LogP contribution is 2.21. The minimum absolute atomic E-state index is 0.0716. The highest BCUT2D eigenvalue weighted by Gasteiger charge is 2.32. The fraction of sp³-hybridized carbons (Fsp3) is 0.333. The first kappa shape index (κ1) is 27.8. The first-order chi connectivity index (χ1) is 17.1. The summed E-state index contributed by atoms with van der Waals surface area (Å²) in [5.74, 6) is 0.779. The largest absolute Gasteiger partial charge is 0.350 e. The van der Waals surface area contributed by atoms with E-state index >= 15 is 0 Å². The average molecular weight is 523 g/mol. The first-order valence-corrected chi connectivity index (χ1v) is 13.7. The molecule has 0 aliphatic rings. The molecule has 0 aliphatic carbocycles. The number of amides is 2. The molecule has 0 heterocycles. The molecule has 0 spiro atoms. The van der Waals surface area contributed by atoms with Crippen molar-refractivity contribution in [2.24, 2.45) is 0 Å². The van der Waals surface area contributed by atoms with E-state index in [0.29, 0.717) is 18.0 Å². The van der Waals surface area contributed by atoms with Crippen LogP contribution in [0.3, 0.4) is 0 Å². The summed E-state index contributed by atoms with van der Waals surface area (Å²) < 4.78 is 0. The quantitative estimate of drug-likeness (QED) is 0.333. The molecule has 190 valence electrons. The van der Waals surface area contributed by atoms with E-state index in [1.165, 1.54) is 11.1 Å². The second-order valence-corrected chi connectivity index (χ2v) is 11.5. The maximum Gasteiger partial charge on any atom is 0.243 e. The van der Waals surface area contributed by atoms with Gasteiger partial charge in [0.2, 0.25) is 11.8 Å². The number of hydrogen-bond acceptors (Lipinski definition) is 3. The highest BCUT2D eigenvalue weighted by atomic mass is 35.5. The fourth-order valence-corrected chi connectivity index (χ4v) is 5.05. The van der Waals surface area contributed by atoms with Gasteiger partial charge in [-0.1, -0.05) is 83.9 Å². The molecule has 1 atom stereocenters. The van der Waals surface area contributed by atoms with E-state index in [9.17, 15) is 9.59 Å². The predicted molar refractivity (Wildman–Crippen MR) is 151 cm³/mol. The number of rotatable bonds is 10. The number of hydrogen-bond donors (Lipinski definition) is 1. The van der Waals surface area contributed by atoms with Gasteiger partial charge in [-0.25, -0.2) is 0 Å². The molecule has 3 aromatic carbocycles. The monoisotopic (exact) mass is 522 g/mol. The maximum absolute atomic E-state index is 13.7. The summed E-state index contributed by atoms with van der Waals surface area (Å²) in [5.41, 5.74) is 3.85. The Labute approximate surface area is 224 Å². The number of aryl methyl sites for hydroxylation is 1. The lowest BCUT2D eigenvalue weighted by atomic mass is 10.0. The molecule has 0 aliphatic heterocycles. The Morgan fingerprint density at radius 2 is 1.58 bits per heavy atom. The lowest BCUT2D eigenvalue weighted by Gasteiger charge is -2.34. The molecule has 3 rings (SSSR count). The third-order valence-electron chi connectivity index (χ3n) is 5.59. The summed E-state index contributed by atoms with van der Waals surface area (Å²) in [5, 5.41) is 3.70. The molecular formula is C30H35ClN2O2S. The Kier molecular flexibility index (Phi) is 10.0. The smallest absolute Gasteiger partial charge is 0.243 e. The summed E-state index contributed by atoms with van der Waals surface area (Å²) in [6.45, 7) is 8.22. The maximum atomic E-state index is 13.7. The van der Waals surface area contributed by atoms with Crippen LogP contribution in [0.15, 0.2) is 78.9 Å². The van der Waals surface area contributed by atoms with Crippen LogP contribution in [0.4, 0.5) is 0 Å². The van der Waals surface area contributed by atoms with Crippen molar-refractivity contribution in [3.05, 3.63) is 106 Å². The highest BCUT2D eigenvalue weighted by molar-refractivity contribution is 7.99. The van der Waals surface area contributed by atoms with Crippen LogP contribution in [0, 0.1) is 6.92 Å². The molecule has 0 unspecified atom stereocenters. The van der Waals surface area contributed by atoms with Crippen LogP contribution in [0.25, 0.3) is 0 Å². The molecule has 0 saturated carbocycles. The summed E-state index contributed by atoms with van der Waals surface area (Å²) in [6, 6.07) is 25.0. The molecule has 36 heavy (non-hydrogen) atoms. The lowest BCUT2D eigenvalue weighted by molar-refractivity contribution is -0.140. The summed E-state index contributed by atoms with van der Waals surface area (Å²) in [6.07, 6.45) is 0.428. The van der Waals surface area contributed by atoms with Gasteiger partial charge in [-0.2, -0.15) is 0 Å². The van der Waals surface area contributed by atoms with E-state index in [1.807, 2.05) is 81.4 Å². The van der Waals surface area contributed by atoms with Crippen molar-refractivity contribution < 1.29 is 9.59 Å². The van der Waals surface area contributed by atoms with Crippen molar-refractivity contribution in [3.63, 3.8) is 0 Å². The van der Waals surface area contributed by atoms with E-state index in [2.05, 4.69) is 30.4 Å². The van der Waals surface area contributed by atoms with Crippen molar-refractivity contribution in [1.82, 2.24) is 10.2 Å². The van der Waals surface area contributed by atoms with Gasteiger partial charge in [0, 0.05) is 29.3 Å². The molecule has 6 heteroatoms. The van der Waals surface area contributed by atoms with Crippen LogP contribution in [0.1, 0.15) is 43.0 Å². The van der Waals surface area contributed by atoms with Gasteiger partial charge in [0.05, 0.1) is 5.75 Å². The van der Waals surface area contributed by atoms with E-state index in [4.69, 9.17) is 11.6 Å². The van der Waals surface area contributed by atoms with Crippen LogP contribution in [0.2, 0.25) is 5.02 Å². The van der Waals surface area contributed by atoms with Crippen LogP contribution in [0.5, 0.6) is 0 Å². The number of thioether (sulfide) groups is 1. The van der Waals surface area contributed by atoms with Gasteiger partial charge < -0.3 is 10.2 Å². The van der Waals surface area contributed by atoms with Crippen LogP contribution < -0.4 is 5.32 Å². The SMILES string of the molecule is Cc1cccc(CSCC(=O)N(Cc2cccc(Cl)c2)[C@@H](Cc2ccccc2)C(=O)NC(C)(C)C)c1. The number of benzene rings is 3. The van der Waals surface area contributed by atoms with Crippen molar-refractivity contribution in [1.29, 1.82) is 0 Å². The Morgan fingerprint density at radius 1 is 0.917 bits per heavy atom. The molecule has 0 radical (unpaired) electrons. The van der Waals surface area contributed by atoms with Crippen LogP contribution >= 0.6 is 23.4 Å². The van der Waals surface area contributed by atoms with E-state index in [-0.39, 0.29) is 17.6 Å². The van der Waals surface area contributed by atoms with Crippen LogP contribution in [-0.4, -0.2) is 34.0 Å². The van der Waals surface area contributed by atoms with Gasteiger partial charge in [0.25, 0.3) is 0 Å². The number of nitrogens with zero attached hydrogens (tertiary/aromatic N) is 1. The van der Waals surface area contributed by atoms with E-state index < -0.39 is 11.6 Å². The Bertz CT molecular complexity index is 1160. The minimum atomic E-state index is -0.655. The standard InChI is InChI=1S/C30H35ClN2O2S/c1-22-10-8-14-25(16-22)20-36-21-28(34)33(19-24-13-9-15-26(31)17-24)27(29(35)32-30(2,3)4)18-23-11-6-5-7-12-23/h5-17,27H,18-21H2,1-4H3,(H,32,35)/t27-/m0/s1. The second kappa shape index (κ2) is 13.0. The zero-order valence-electron chi connectivity index (χ0n) is 21.5. The van der Waals surface area contributed by atoms with Gasteiger partial charge in [-0.05, 0) is 56.5 Å². The Hall–Kier alpha value is -2.76. The zero-order valence-corrected chi connectivity index (χ0v) is 23.0. The Morgan fingerprint density at radius 3 is 2.25 bits per heavy atom. The molecule has 3 aromatic rings. The van der Waals surface area contributed by atoms with Crippen molar-refractivity contribution in [2.45, 2.75) is 58.0 Å². The average Bonchev–Trinajstić information content (AvgIpc) is 2.81. The topological polar surface area (TPSA) is 49.4 Å².